The Bertz CT molecular complexity index is 476. The molecule has 0 bridgehead atoms. The Kier molecular flexibility index (Phi) is 4.33. The number of benzene rings is 1. The van der Waals surface area contributed by atoms with Crippen LogP contribution in [0.15, 0.2) is 18.2 Å². The quantitative estimate of drug-likeness (QED) is 0.842. The van der Waals surface area contributed by atoms with Crippen molar-refractivity contribution in [1.29, 1.82) is 0 Å². The summed E-state index contributed by atoms with van der Waals surface area (Å²) in [6.07, 6.45) is -10.5. The third-order valence-electron chi connectivity index (χ3n) is 2.46. The van der Waals surface area contributed by atoms with Gasteiger partial charge in [-0.1, -0.05) is 0 Å². The molecule has 0 aliphatic heterocycles. The molecule has 3 nitrogen and oxygen atoms in total. The molecule has 1 rings (SSSR count). The van der Waals surface area contributed by atoms with E-state index in [1.54, 1.807) is 0 Å². The van der Waals surface area contributed by atoms with Gasteiger partial charge in [-0.25, -0.2) is 0 Å². The minimum atomic E-state index is -4.96. The van der Waals surface area contributed by atoms with Crippen LogP contribution in [0.3, 0.4) is 0 Å². The van der Waals surface area contributed by atoms with Crippen LogP contribution in [0, 0.1) is 0 Å². The van der Waals surface area contributed by atoms with E-state index in [9.17, 15) is 31.1 Å². The van der Waals surface area contributed by atoms with Crippen molar-refractivity contribution in [2.24, 2.45) is 11.5 Å². The SMILES string of the molecule is NC(=O)CC(N)c1cc(C(F)(F)F)cc(C(F)(F)F)c1. The summed E-state index contributed by atoms with van der Waals surface area (Å²) in [5.41, 5.74) is 6.78. The molecule has 0 aliphatic carbocycles. The molecule has 4 N–H and O–H groups in total. The van der Waals surface area contributed by atoms with Crippen molar-refractivity contribution in [2.45, 2.75) is 24.8 Å². The summed E-state index contributed by atoms with van der Waals surface area (Å²) in [7, 11) is 0. The van der Waals surface area contributed by atoms with E-state index in [-0.39, 0.29) is 6.07 Å². The van der Waals surface area contributed by atoms with Gasteiger partial charge in [-0.15, -0.1) is 0 Å². The molecule has 1 amide bonds. The van der Waals surface area contributed by atoms with Crippen LogP contribution in [0.4, 0.5) is 26.3 Å². The Hall–Kier alpha value is -1.77. The van der Waals surface area contributed by atoms with Crippen LogP contribution < -0.4 is 11.5 Å². The van der Waals surface area contributed by atoms with Gasteiger partial charge in [0.05, 0.1) is 11.1 Å². The van der Waals surface area contributed by atoms with Gasteiger partial charge in [0.2, 0.25) is 5.91 Å². The smallest absolute Gasteiger partial charge is 0.370 e. The zero-order valence-electron chi connectivity index (χ0n) is 9.85. The first-order chi connectivity index (χ1) is 8.91. The second-order valence-electron chi connectivity index (χ2n) is 4.12. The van der Waals surface area contributed by atoms with Gasteiger partial charge < -0.3 is 11.5 Å². The van der Waals surface area contributed by atoms with Crippen molar-refractivity contribution >= 4 is 5.91 Å². The Labute approximate surface area is 109 Å². The highest BCUT2D eigenvalue weighted by molar-refractivity contribution is 5.74. The molecular formula is C11H10F6N2O. The van der Waals surface area contributed by atoms with Crippen LogP contribution in [-0.2, 0) is 17.1 Å². The molecule has 9 heteroatoms. The Morgan fingerprint density at radius 2 is 1.40 bits per heavy atom. The zero-order valence-corrected chi connectivity index (χ0v) is 9.85. The highest BCUT2D eigenvalue weighted by atomic mass is 19.4. The fourth-order valence-electron chi connectivity index (χ4n) is 1.53. The van der Waals surface area contributed by atoms with Crippen LogP contribution in [0.25, 0.3) is 0 Å². The lowest BCUT2D eigenvalue weighted by Crippen LogP contribution is -2.22. The lowest BCUT2D eigenvalue weighted by molar-refractivity contribution is -0.143. The summed E-state index contributed by atoms with van der Waals surface area (Å²) < 4.78 is 75.4. The molecule has 0 heterocycles. The van der Waals surface area contributed by atoms with E-state index in [4.69, 9.17) is 11.5 Å². The maximum absolute atomic E-state index is 12.6. The van der Waals surface area contributed by atoms with Gasteiger partial charge in [0, 0.05) is 12.5 Å². The van der Waals surface area contributed by atoms with E-state index in [1.807, 2.05) is 0 Å². The molecule has 112 valence electrons. The minimum absolute atomic E-state index is 0.0134. The summed E-state index contributed by atoms with van der Waals surface area (Å²) in [6.45, 7) is 0. The summed E-state index contributed by atoms with van der Waals surface area (Å²) in [5, 5.41) is 0. The van der Waals surface area contributed by atoms with E-state index in [2.05, 4.69) is 0 Å². The monoisotopic (exact) mass is 300 g/mol. The van der Waals surface area contributed by atoms with Crippen LogP contribution in [0.2, 0.25) is 0 Å². The lowest BCUT2D eigenvalue weighted by Gasteiger charge is -2.17. The Balaban J connectivity index is 3.34. The number of carbonyl (C=O) groups is 1. The van der Waals surface area contributed by atoms with Crippen LogP contribution in [0.1, 0.15) is 29.2 Å². The van der Waals surface area contributed by atoms with Crippen molar-refractivity contribution in [3.63, 3.8) is 0 Å². The predicted molar refractivity (Wildman–Crippen MR) is 57.2 cm³/mol. The first-order valence-electron chi connectivity index (χ1n) is 5.24. The number of rotatable bonds is 3. The van der Waals surface area contributed by atoms with Crippen molar-refractivity contribution in [2.75, 3.05) is 0 Å². The van der Waals surface area contributed by atoms with Crippen molar-refractivity contribution in [3.05, 3.63) is 34.9 Å². The van der Waals surface area contributed by atoms with E-state index in [1.165, 1.54) is 0 Å². The summed E-state index contributed by atoms with van der Waals surface area (Å²) in [4.78, 5) is 10.6. The average molecular weight is 300 g/mol. The van der Waals surface area contributed by atoms with Crippen molar-refractivity contribution in [3.8, 4) is 0 Å². The number of carbonyl (C=O) groups excluding carboxylic acids is 1. The number of hydrogen-bond acceptors (Lipinski definition) is 2. The topological polar surface area (TPSA) is 69.1 Å². The van der Waals surface area contributed by atoms with Gasteiger partial charge in [-0.3, -0.25) is 4.79 Å². The highest BCUT2D eigenvalue weighted by Gasteiger charge is 2.37. The third kappa shape index (κ3) is 4.12. The van der Waals surface area contributed by atoms with Gasteiger partial charge in [0.1, 0.15) is 0 Å². The van der Waals surface area contributed by atoms with Crippen LogP contribution >= 0.6 is 0 Å². The first-order valence-corrected chi connectivity index (χ1v) is 5.24. The van der Waals surface area contributed by atoms with Gasteiger partial charge in [-0.05, 0) is 23.8 Å². The van der Waals surface area contributed by atoms with Gasteiger partial charge in [0.25, 0.3) is 0 Å². The summed E-state index contributed by atoms with van der Waals surface area (Å²) >= 11 is 0. The summed E-state index contributed by atoms with van der Waals surface area (Å²) in [6, 6.07) is -0.400. The Morgan fingerprint density at radius 1 is 1.00 bits per heavy atom. The minimum Gasteiger partial charge on any atom is -0.370 e. The zero-order chi connectivity index (χ0) is 15.7. The van der Waals surface area contributed by atoms with E-state index < -0.39 is 47.4 Å². The number of alkyl halides is 6. The summed E-state index contributed by atoms with van der Waals surface area (Å²) in [5.74, 6) is -0.927. The van der Waals surface area contributed by atoms with Crippen molar-refractivity contribution < 1.29 is 31.1 Å². The molecule has 1 atom stereocenters. The first kappa shape index (κ1) is 16.3. The molecule has 1 unspecified atom stereocenters. The molecule has 1 aromatic carbocycles. The predicted octanol–water partition coefficient (Wildman–Crippen LogP) is 2.60. The molecule has 0 saturated carbocycles. The lowest BCUT2D eigenvalue weighted by atomic mass is 9.98. The normalized spacial score (nSPS) is 14.2. The highest BCUT2D eigenvalue weighted by Crippen LogP contribution is 2.37. The average Bonchev–Trinajstić information content (AvgIpc) is 2.25. The number of nitrogens with two attached hydrogens (primary N) is 2. The molecule has 20 heavy (non-hydrogen) atoms. The molecule has 1 aromatic rings. The number of hydrogen-bond donors (Lipinski definition) is 2. The number of halogens is 6. The standard InChI is InChI=1S/C11H10F6N2O/c12-10(13,14)6-1-5(8(18)4-9(19)20)2-7(3-6)11(15,16)17/h1-3,8H,4,18H2,(H2,19,20). The molecule has 0 aromatic heterocycles. The van der Waals surface area contributed by atoms with E-state index in [0.29, 0.717) is 12.1 Å². The second-order valence-corrected chi connectivity index (χ2v) is 4.12. The second kappa shape index (κ2) is 5.31. The molecule has 0 spiro atoms. The fourth-order valence-corrected chi connectivity index (χ4v) is 1.53. The maximum atomic E-state index is 12.6. The van der Waals surface area contributed by atoms with Gasteiger partial charge in [-0.2, -0.15) is 26.3 Å². The van der Waals surface area contributed by atoms with Gasteiger partial charge in [0.15, 0.2) is 0 Å². The van der Waals surface area contributed by atoms with Gasteiger partial charge >= 0.3 is 12.4 Å². The third-order valence-corrected chi connectivity index (χ3v) is 2.46. The fraction of sp³-hybridized carbons (Fsp3) is 0.364. The van der Waals surface area contributed by atoms with Crippen molar-refractivity contribution in [1.82, 2.24) is 0 Å². The van der Waals surface area contributed by atoms with Crippen LogP contribution in [-0.4, -0.2) is 5.91 Å². The molecule has 0 saturated heterocycles. The number of primary amides is 1. The number of amides is 1. The maximum Gasteiger partial charge on any atom is 0.416 e. The van der Waals surface area contributed by atoms with Crippen LogP contribution in [0.5, 0.6) is 0 Å². The van der Waals surface area contributed by atoms with E-state index in [0.717, 1.165) is 0 Å². The van der Waals surface area contributed by atoms with E-state index >= 15 is 0 Å². The molecule has 0 fully saturated rings. The largest absolute Gasteiger partial charge is 0.416 e. The molecular weight excluding hydrogens is 290 g/mol. The Morgan fingerprint density at radius 3 is 1.70 bits per heavy atom. The molecule has 0 radical (unpaired) electrons. The molecule has 0 aliphatic rings.